The van der Waals surface area contributed by atoms with E-state index in [1.165, 1.54) is 32.4 Å². The number of nitrogens with zero attached hydrogens (tertiary/aromatic N) is 2. The maximum Gasteiger partial charge on any atom is 0.421 e. The standard InChI is InChI=1S/C25H28F4N5O5P/c1-5-24(6-2,40(36,37)38)14-7-10-18(20(11-14)39-4)33-23-31-13-17(25(27,28)29)21(34-23)32-19-12-15(26)8-9-16(19)22(35)30-3/h7-13H,5-6H2,1-4H3,(H,30,35)(H2,36,37,38)(H2,31,32,33,34). The van der Waals surface area contributed by atoms with E-state index in [0.29, 0.717) is 11.8 Å². The molecule has 0 bridgehead atoms. The molecule has 3 aromatic rings. The van der Waals surface area contributed by atoms with Gasteiger partial charge in [-0.15, -0.1) is 0 Å². The third-order valence-corrected chi connectivity index (χ3v) is 8.52. The number of benzene rings is 2. The zero-order chi connectivity index (χ0) is 29.9. The zero-order valence-electron chi connectivity index (χ0n) is 21.9. The van der Waals surface area contributed by atoms with Gasteiger partial charge in [0.2, 0.25) is 5.95 Å². The second-order valence-electron chi connectivity index (χ2n) is 8.67. The van der Waals surface area contributed by atoms with E-state index in [2.05, 4.69) is 25.9 Å². The molecule has 0 saturated heterocycles. The molecule has 1 amide bonds. The van der Waals surface area contributed by atoms with Crippen molar-refractivity contribution in [3.05, 3.63) is 65.1 Å². The number of ether oxygens (including phenoxy) is 1. The van der Waals surface area contributed by atoms with Crippen LogP contribution in [0.15, 0.2) is 42.6 Å². The molecule has 40 heavy (non-hydrogen) atoms. The molecule has 0 aliphatic rings. The first-order valence-electron chi connectivity index (χ1n) is 11.9. The molecule has 0 aliphatic heterocycles. The Bertz CT molecular complexity index is 1440. The number of hydrogen-bond acceptors (Lipinski definition) is 7. The Labute approximate surface area is 227 Å². The Balaban J connectivity index is 2.07. The SMILES string of the molecule is CCC(CC)(c1ccc(Nc2ncc(C(F)(F)F)c(Nc3cc(F)ccc3C(=O)NC)n2)c(OC)c1)P(=O)(O)O. The van der Waals surface area contributed by atoms with Gasteiger partial charge in [0.15, 0.2) is 0 Å². The highest BCUT2D eigenvalue weighted by molar-refractivity contribution is 7.53. The van der Waals surface area contributed by atoms with Gasteiger partial charge in [0.25, 0.3) is 5.91 Å². The summed E-state index contributed by atoms with van der Waals surface area (Å²) in [6, 6.07) is 7.30. The number of aromatic nitrogens is 2. The van der Waals surface area contributed by atoms with Crippen molar-refractivity contribution in [1.82, 2.24) is 15.3 Å². The molecule has 216 valence electrons. The van der Waals surface area contributed by atoms with Crippen LogP contribution in [0.2, 0.25) is 0 Å². The molecule has 0 saturated carbocycles. The van der Waals surface area contributed by atoms with Crippen molar-refractivity contribution in [1.29, 1.82) is 0 Å². The van der Waals surface area contributed by atoms with E-state index >= 15 is 0 Å². The zero-order valence-corrected chi connectivity index (χ0v) is 22.8. The van der Waals surface area contributed by atoms with Crippen molar-refractivity contribution in [3.63, 3.8) is 0 Å². The Kier molecular flexibility index (Phi) is 9.07. The summed E-state index contributed by atoms with van der Waals surface area (Å²) < 4.78 is 73.0. The van der Waals surface area contributed by atoms with Crippen LogP contribution in [0.1, 0.15) is 48.2 Å². The summed E-state index contributed by atoms with van der Waals surface area (Å²) in [5.41, 5.74) is -1.14. The largest absolute Gasteiger partial charge is 0.495 e. The lowest BCUT2D eigenvalue weighted by Gasteiger charge is -2.33. The van der Waals surface area contributed by atoms with Gasteiger partial charge in [0.1, 0.15) is 22.9 Å². The van der Waals surface area contributed by atoms with Gasteiger partial charge < -0.3 is 30.5 Å². The first kappa shape index (κ1) is 30.8. The molecule has 3 rings (SSSR count). The summed E-state index contributed by atoms with van der Waals surface area (Å²) in [7, 11) is -1.97. The summed E-state index contributed by atoms with van der Waals surface area (Å²) >= 11 is 0. The molecule has 0 radical (unpaired) electrons. The van der Waals surface area contributed by atoms with E-state index in [1.54, 1.807) is 13.8 Å². The highest BCUT2D eigenvalue weighted by Crippen LogP contribution is 2.61. The quantitative estimate of drug-likeness (QED) is 0.150. The van der Waals surface area contributed by atoms with Crippen LogP contribution >= 0.6 is 7.60 Å². The number of carbonyl (C=O) groups is 1. The fraction of sp³-hybridized carbons (Fsp3) is 0.320. The molecule has 1 heterocycles. The number of carbonyl (C=O) groups excluding carboxylic acids is 1. The van der Waals surface area contributed by atoms with Crippen LogP contribution in [0.5, 0.6) is 5.75 Å². The fourth-order valence-electron chi connectivity index (χ4n) is 4.27. The van der Waals surface area contributed by atoms with Gasteiger partial charge in [0.05, 0.1) is 29.2 Å². The predicted octanol–water partition coefficient (Wildman–Crippen LogP) is 5.68. The van der Waals surface area contributed by atoms with E-state index in [0.717, 1.165) is 18.2 Å². The molecule has 0 atom stereocenters. The van der Waals surface area contributed by atoms with Crippen LogP contribution < -0.4 is 20.7 Å². The molecular formula is C25H28F4N5O5P. The van der Waals surface area contributed by atoms with Gasteiger partial charge in [-0.1, -0.05) is 19.9 Å². The third-order valence-electron chi connectivity index (χ3n) is 6.51. The lowest BCUT2D eigenvalue weighted by molar-refractivity contribution is -0.137. The third kappa shape index (κ3) is 6.19. The Morgan fingerprint density at radius 3 is 2.27 bits per heavy atom. The summed E-state index contributed by atoms with van der Waals surface area (Å²) in [5.74, 6) is -2.41. The molecule has 15 heteroatoms. The first-order valence-corrected chi connectivity index (χ1v) is 13.6. The van der Waals surface area contributed by atoms with Crippen molar-refractivity contribution >= 4 is 36.6 Å². The molecular weight excluding hydrogens is 557 g/mol. The van der Waals surface area contributed by atoms with Crippen molar-refractivity contribution in [3.8, 4) is 5.75 Å². The number of alkyl halides is 3. The number of amides is 1. The van der Waals surface area contributed by atoms with Crippen LogP contribution in [0.3, 0.4) is 0 Å². The number of hydrogen-bond donors (Lipinski definition) is 5. The van der Waals surface area contributed by atoms with Crippen LogP contribution in [0, 0.1) is 5.82 Å². The molecule has 5 N–H and O–H groups in total. The van der Waals surface area contributed by atoms with E-state index in [4.69, 9.17) is 4.74 Å². The van der Waals surface area contributed by atoms with Crippen molar-refractivity contribution in [2.75, 3.05) is 24.8 Å². The monoisotopic (exact) mass is 585 g/mol. The van der Waals surface area contributed by atoms with E-state index < -0.39 is 42.0 Å². The molecule has 2 aromatic carbocycles. The maximum atomic E-state index is 13.9. The van der Waals surface area contributed by atoms with E-state index in [-0.39, 0.29) is 41.5 Å². The maximum absolute atomic E-state index is 13.9. The minimum absolute atomic E-state index is 0.122. The van der Waals surface area contributed by atoms with Crippen LogP contribution in [0.4, 0.5) is 40.7 Å². The van der Waals surface area contributed by atoms with E-state index in [1.807, 2.05) is 0 Å². The smallest absolute Gasteiger partial charge is 0.421 e. The molecule has 1 aromatic heterocycles. The number of halogens is 4. The summed E-state index contributed by atoms with van der Waals surface area (Å²) in [4.78, 5) is 40.0. The highest BCUT2D eigenvalue weighted by Gasteiger charge is 2.45. The Morgan fingerprint density at radius 1 is 1.05 bits per heavy atom. The molecule has 0 fully saturated rings. The minimum Gasteiger partial charge on any atom is -0.495 e. The van der Waals surface area contributed by atoms with Crippen LogP contribution in [0.25, 0.3) is 0 Å². The van der Waals surface area contributed by atoms with Gasteiger partial charge in [-0.25, -0.2) is 9.37 Å². The van der Waals surface area contributed by atoms with Gasteiger partial charge >= 0.3 is 13.8 Å². The summed E-state index contributed by atoms with van der Waals surface area (Å²) in [6.07, 6.45) is -4.10. The average molecular weight is 585 g/mol. The minimum atomic E-state index is -4.90. The van der Waals surface area contributed by atoms with Crippen molar-refractivity contribution in [2.24, 2.45) is 0 Å². The van der Waals surface area contributed by atoms with Crippen molar-refractivity contribution < 1.29 is 41.4 Å². The number of nitrogens with one attached hydrogen (secondary N) is 3. The second kappa shape index (κ2) is 11.8. The van der Waals surface area contributed by atoms with Gasteiger partial charge in [-0.2, -0.15) is 18.2 Å². The average Bonchev–Trinajstić information content (AvgIpc) is 2.88. The topological polar surface area (TPSA) is 146 Å². The lowest BCUT2D eigenvalue weighted by Crippen LogP contribution is -2.24. The number of methoxy groups -OCH3 is 1. The van der Waals surface area contributed by atoms with Gasteiger partial charge in [-0.05, 0) is 48.7 Å². The molecule has 0 spiro atoms. The lowest BCUT2D eigenvalue weighted by atomic mass is 9.92. The second-order valence-corrected chi connectivity index (χ2v) is 10.6. The molecule has 0 aliphatic carbocycles. The first-order chi connectivity index (χ1) is 18.7. The van der Waals surface area contributed by atoms with Crippen molar-refractivity contribution in [2.45, 2.75) is 38.0 Å². The highest BCUT2D eigenvalue weighted by atomic mass is 31.2. The normalized spacial score (nSPS) is 12.2. The summed E-state index contributed by atoms with van der Waals surface area (Å²) in [6.45, 7) is 3.31. The predicted molar refractivity (Wildman–Crippen MR) is 141 cm³/mol. The fourth-order valence-corrected chi connectivity index (χ4v) is 5.57. The molecule has 0 unspecified atom stereocenters. The number of rotatable bonds is 10. The number of anilines is 4. The van der Waals surface area contributed by atoms with Gasteiger partial charge in [-0.3, -0.25) is 9.36 Å². The summed E-state index contributed by atoms with van der Waals surface area (Å²) in [5, 5.41) is 5.99. The van der Waals surface area contributed by atoms with Crippen LogP contribution in [-0.4, -0.2) is 39.8 Å². The Morgan fingerprint density at radius 2 is 1.73 bits per heavy atom. The van der Waals surface area contributed by atoms with E-state index in [9.17, 15) is 36.7 Å². The van der Waals surface area contributed by atoms with Gasteiger partial charge in [0, 0.05) is 13.2 Å². The van der Waals surface area contributed by atoms with Crippen LogP contribution in [-0.2, 0) is 15.9 Å². The molecule has 10 nitrogen and oxygen atoms in total. The Hall–Kier alpha value is -3.74.